The summed E-state index contributed by atoms with van der Waals surface area (Å²) in [7, 11) is 1.70. The molecule has 142 valence electrons. The van der Waals surface area contributed by atoms with Crippen molar-refractivity contribution in [1.82, 2.24) is 4.98 Å². The first kappa shape index (κ1) is 18.7. The average Bonchev–Trinajstić information content (AvgIpc) is 3.06. The molecule has 0 saturated carbocycles. The predicted molar refractivity (Wildman–Crippen MR) is 115 cm³/mol. The molecule has 4 rings (SSSR count). The maximum atomic E-state index is 12.9. The number of pyridine rings is 1. The van der Waals surface area contributed by atoms with Gasteiger partial charge in [0.1, 0.15) is 5.82 Å². The molecule has 2 aromatic carbocycles. The molecule has 0 unspecified atom stereocenters. The Kier molecular flexibility index (Phi) is 5.44. The first-order valence-electron chi connectivity index (χ1n) is 9.33. The SMILES string of the molecule is CN(C(=O)OC1c2ccccc2-c2ccccc21)c1cccc(CCCBr)n1. The topological polar surface area (TPSA) is 42.4 Å². The quantitative estimate of drug-likeness (QED) is 0.478. The molecular formula is C23H21BrN2O2. The molecule has 0 bridgehead atoms. The van der Waals surface area contributed by atoms with Gasteiger partial charge in [-0.1, -0.05) is 70.5 Å². The van der Waals surface area contributed by atoms with Crippen LogP contribution in [0.3, 0.4) is 0 Å². The number of hydrogen-bond acceptors (Lipinski definition) is 3. The van der Waals surface area contributed by atoms with E-state index in [2.05, 4.69) is 33.0 Å². The summed E-state index contributed by atoms with van der Waals surface area (Å²) in [4.78, 5) is 19.0. The number of carbonyl (C=O) groups is 1. The van der Waals surface area contributed by atoms with Gasteiger partial charge in [-0.25, -0.2) is 9.78 Å². The summed E-state index contributed by atoms with van der Waals surface area (Å²) in [6.07, 6.45) is 1.05. The number of aryl methyl sites for hydroxylation is 1. The summed E-state index contributed by atoms with van der Waals surface area (Å²) in [5.74, 6) is 0.594. The van der Waals surface area contributed by atoms with Gasteiger partial charge in [0.25, 0.3) is 0 Å². The summed E-state index contributed by atoms with van der Waals surface area (Å²) in [5, 5.41) is 0.928. The van der Waals surface area contributed by atoms with Crippen LogP contribution in [0.2, 0.25) is 0 Å². The molecule has 3 aromatic rings. The Hall–Kier alpha value is -2.66. The molecule has 5 heteroatoms. The number of aromatic nitrogens is 1. The third kappa shape index (κ3) is 3.54. The van der Waals surface area contributed by atoms with Crippen LogP contribution in [0.1, 0.15) is 29.3 Å². The Morgan fingerprint density at radius 2 is 1.64 bits per heavy atom. The number of anilines is 1. The number of rotatable bonds is 5. The van der Waals surface area contributed by atoms with Crippen molar-refractivity contribution in [2.45, 2.75) is 18.9 Å². The summed E-state index contributed by atoms with van der Waals surface area (Å²) >= 11 is 3.44. The van der Waals surface area contributed by atoms with Crippen LogP contribution in [0.5, 0.6) is 0 Å². The van der Waals surface area contributed by atoms with Gasteiger partial charge >= 0.3 is 6.09 Å². The lowest BCUT2D eigenvalue weighted by atomic mass is 10.1. The van der Waals surface area contributed by atoms with Gasteiger partial charge in [-0.05, 0) is 36.1 Å². The van der Waals surface area contributed by atoms with Crippen molar-refractivity contribution >= 4 is 27.8 Å². The number of amides is 1. The van der Waals surface area contributed by atoms with Gasteiger partial charge in [0, 0.05) is 29.2 Å². The minimum atomic E-state index is -0.415. The van der Waals surface area contributed by atoms with Crippen molar-refractivity contribution in [3.05, 3.63) is 83.6 Å². The number of benzene rings is 2. The lowest BCUT2D eigenvalue weighted by Crippen LogP contribution is -2.29. The zero-order chi connectivity index (χ0) is 19.5. The van der Waals surface area contributed by atoms with Gasteiger partial charge in [0.15, 0.2) is 6.10 Å². The van der Waals surface area contributed by atoms with Gasteiger partial charge < -0.3 is 4.74 Å². The maximum Gasteiger partial charge on any atom is 0.416 e. The van der Waals surface area contributed by atoms with Crippen molar-refractivity contribution in [3.8, 4) is 11.1 Å². The zero-order valence-corrected chi connectivity index (χ0v) is 17.2. The monoisotopic (exact) mass is 436 g/mol. The second-order valence-corrected chi connectivity index (χ2v) is 7.57. The Labute approximate surface area is 173 Å². The molecule has 0 N–H and O–H groups in total. The normalized spacial score (nSPS) is 12.4. The van der Waals surface area contributed by atoms with Crippen molar-refractivity contribution in [3.63, 3.8) is 0 Å². The molecule has 0 aliphatic heterocycles. The fourth-order valence-corrected chi connectivity index (χ4v) is 3.83. The van der Waals surface area contributed by atoms with E-state index in [9.17, 15) is 4.79 Å². The summed E-state index contributed by atoms with van der Waals surface area (Å²) in [6.45, 7) is 0. The van der Waals surface area contributed by atoms with E-state index >= 15 is 0 Å². The van der Waals surface area contributed by atoms with Gasteiger partial charge in [-0.15, -0.1) is 0 Å². The summed E-state index contributed by atoms with van der Waals surface area (Å²) in [5.41, 5.74) is 5.24. The third-order valence-corrected chi connectivity index (χ3v) is 5.53. The minimum Gasteiger partial charge on any atom is -0.436 e. The molecule has 1 amide bonds. The molecule has 0 radical (unpaired) electrons. The number of nitrogens with zero attached hydrogens (tertiary/aromatic N) is 2. The van der Waals surface area contributed by atoms with E-state index in [4.69, 9.17) is 4.74 Å². The second-order valence-electron chi connectivity index (χ2n) is 6.78. The molecule has 1 aromatic heterocycles. The molecular weight excluding hydrogens is 416 g/mol. The molecule has 1 aliphatic rings. The molecule has 1 aliphatic carbocycles. The van der Waals surface area contributed by atoms with Crippen LogP contribution in [0.15, 0.2) is 66.7 Å². The van der Waals surface area contributed by atoms with Crippen LogP contribution in [0, 0.1) is 0 Å². The first-order valence-corrected chi connectivity index (χ1v) is 10.5. The van der Waals surface area contributed by atoms with Crippen LogP contribution in [0.25, 0.3) is 11.1 Å². The third-order valence-electron chi connectivity index (χ3n) is 4.97. The van der Waals surface area contributed by atoms with E-state index in [-0.39, 0.29) is 0 Å². The number of alkyl halides is 1. The van der Waals surface area contributed by atoms with Gasteiger partial charge in [0.05, 0.1) is 0 Å². The molecule has 4 nitrogen and oxygen atoms in total. The lowest BCUT2D eigenvalue weighted by molar-refractivity contribution is 0.126. The number of ether oxygens (including phenoxy) is 1. The Morgan fingerprint density at radius 3 is 2.29 bits per heavy atom. The number of carbonyl (C=O) groups excluding carboxylic acids is 1. The van der Waals surface area contributed by atoms with E-state index in [1.54, 1.807) is 7.05 Å². The average molecular weight is 437 g/mol. The van der Waals surface area contributed by atoms with Crippen molar-refractivity contribution in [2.24, 2.45) is 0 Å². The van der Waals surface area contributed by atoms with Crippen LogP contribution < -0.4 is 4.90 Å². The Balaban J connectivity index is 1.57. The van der Waals surface area contributed by atoms with Crippen LogP contribution in [-0.2, 0) is 11.2 Å². The van der Waals surface area contributed by atoms with E-state index in [0.29, 0.717) is 5.82 Å². The molecule has 28 heavy (non-hydrogen) atoms. The van der Waals surface area contributed by atoms with Gasteiger partial charge in [-0.3, -0.25) is 4.90 Å². The van der Waals surface area contributed by atoms with Crippen molar-refractivity contribution in [2.75, 3.05) is 17.3 Å². The predicted octanol–water partition coefficient (Wildman–Crippen LogP) is 5.75. The Bertz CT molecular complexity index is 960. The highest BCUT2D eigenvalue weighted by Gasteiger charge is 2.32. The van der Waals surface area contributed by atoms with E-state index in [1.807, 2.05) is 54.6 Å². The maximum absolute atomic E-state index is 12.9. The molecule has 1 heterocycles. The summed E-state index contributed by atoms with van der Waals surface area (Å²) in [6, 6.07) is 21.9. The standard InChI is InChI=1S/C23H21BrN2O2/c1-26(21-14-6-8-16(25-21)9-7-15-24)23(27)28-22-19-12-4-2-10-17(19)18-11-3-5-13-20(18)22/h2-6,8,10-14,22H,7,9,15H2,1H3. The van der Waals surface area contributed by atoms with Crippen molar-refractivity contribution < 1.29 is 9.53 Å². The molecule has 0 spiro atoms. The van der Waals surface area contributed by atoms with E-state index in [1.165, 1.54) is 4.90 Å². The first-order chi connectivity index (χ1) is 13.7. The van der Waals surface area contributed by atoms with Crippen molar-refractivity contribution in [1.29, 1.82) is 0 Å². The lowest BCUT2D eigenvalue weighted by Gasteiger charge is -2.21. The molecule has 0 saturated heterocycles. The number of halogens is 1. The fourth-order valence-electron chi connectivity index (χ4n) is 3.55. The van der Waals surface area contributed by atoms with Crippen LogP contribution >= 0.6 is 15.9 Å². The fraction of sp³-hybridized carbons (Fsp3) is 0.217. The molecule has 0 atom stereocenters. The van der Waals surface area contributed by atoms with E-state index in [0.717, 1.165) is 46.1 Å². The highest BCUT2D eigenvalue weighted by Crippen LogP contribution is 2.45. The second kappa shape index (κ2) is 8.15. The van der Waals surface area contributed by atoms with E-state index < -0.39 is 12.2 Å². The highest BCUT2D eigenvalue weighted by atomic mass is 79.9. The molecule has 0 fully saturated rings. The van der Waals surface area contributed by atoms with Gasteiger partial charge in [0.2, 0.25) is 0 Å². The van der Waals surface area contributed by atoms with Crippen LogP contribution in [-0.4, -0.2) is 23.5 Å². The largest absolute Gasteiger partial charge is 0.436 e. The van der Waals surface area contributed by atoms with Gasteiger partial charge in [-0.2, -0.15) is 0 Å². The smallest absolute Gasteiger partial charge is 0.416 e. The number of hydrogen-bond donors (Lipinski definition) is 0. The number of fused-ring (bicyclic) bond motifs is 3. The minimum absolute atomic E-state index is 0.404. The zero-order valence-electron chi connectivity index (χ0n) is 15.6. The van der Waals surface area contributed by atoms with Crippen LogP contribution in [0.4, 0.5) is 10.6 Å². The highest BCUT2D eigenvalue weighted by molar-refractivity contribution is 9.09. The summed E-state index contributed by atoms with van der Waals surface area (Å²) < 4.78 is 5.94. The Morgan fingerprint density at radius 1 is 1.00 bits per heavy atom.